The van der Waals surface area contributed by atoms with Crippen molar-refractivity contribution < 1.29 is 17.9 Å². The van der Waals surface area contributed by atoms with Crippen molar-refractivity contribution in [3.63, 3.8) is 0 Å². The van der Waals surface area contributed by atoms with Gasteiger partial charge < -0.3 is 9.47 Å². The Hall–Kier alpha value is -1.22. The summed E-state index contributed by atoms with van der Waals surface area (Å²) < 4.78 is 38.9. The minimum atomic E-state index is -3.27. The molecule has 1 aromatic rings. The molecule has 7 nitrogen and oxygen atoms in total. The Kier molecular flexibility index (Phi) is 5.68. The molecule has 1 aromatic heterocycles. The maximum atomic E-state index is 11.8. The van der Waals surface area contributed by atoms with Gasteiger partial charge in [0.25, 0.3) is 0 Å². The molecule has 150 valence electrons. The van der Waals surface area contributed by atoms with Crippen LogP contribution in [0.4, 0.5) is 0 Å². The van der Waals surface area contributed by atoms with E-state index >= 15 is 0 Å². The van der Waals surface area contributed by atoms with E-state index in [4.69, 9.17) is 9.47 Å². The molecule has 1 saturated carbocycles. The summed E-state index contributed by atoms with van der Waals surface area (Å²) in [6.07, 6.45) is 9.20. The lowest BCUT2D eigenvalue weighted by Crippen LogP contribution is -2.58. The third-order valence-electron chi connectivity index (χ3n) is 6.04. The zero-order valence-corrected chi connectivity index (χ0v) is 16.7. The van der Waals surface area contributed by atoms with Gasteiger partial charge in [0.1, 0.15) is 6.73 Å². The minimum absolute atomic E-state index is 0.0298. The molecule has 4 heterocycles. The van der Waals surface area contributed by atoms with Gasteiger partial charge in [-0.1, -0.05) is 6.07 Å². The van der Waals surface area contributed by atoms with Crippen LogP contribution in [0.2, 0.25) is 0 Å². The van der Waals surface area contributed by atoms with Gasteiger partial charge in [-0.05, 0) is 50.5 Å². The molecule has 5 rings (SSSR count). The third kappa shape index (κ3) is 4.62. The van der Waals surface area contributed by atoms with Gasteiger partial charge in [-0.25, -0.2) is 18.1 Å². The number of aromatic nitrogens is 1. The summed E-state index contributed by atoms with van der Waals surface area (Å²) in [5, 5.41) is 0. The first-order chi connectivity index (χ1) is 13.0. The highest BCUT2D eigenvalue weighted by molar-refractivity contribution is 7.88. The SMILES string of the molecule is CS(=O)(=O)N[C@H]1CCCN2COc3ncccc3[C@H]3CC[C@H](CC3)OC[C@@H]12. The number of piperidine rings is 1. The van der Waals surface area contributed by atoms with Crippen LogP contribution in [-0.2, 0) is 14.8 Å². The van der Waals surface area contributed by atoms with Gasteiger partial charge in [0.15, 0.2) is 0 Å². The number of rotatable bonds is 2. The number of pyridine rings is 1. The van der Waals surface area contributed by atoms with Crippen molar-refractivity contribution in [1.82, 2.24) is 14.6 Å². The van der Waals surface area contributed by atoms with Crippen LogP contribution in [0.25, 0.3) is 0 Å². The molecule has 0 aromatic carbocycles. The molecule has 2 fully saturated rings. The third-order valence-corrected chi connectivity index (χ3v) is 6.77. The van der Waals surface area contributed by atoms with E-state index in [1.165, 1.54) is 11.8 Å². The van der Waals surface area contributed by atoms with Crippen LogP contribution in [0.1, 0.15) is 50.0 Å². The Morgan fingerprint density at radius 2 is 2.04 bits per heavy atom. The van der Waals surface area contributed by atoms with Gasteiger partial charge in [0, 0.05) is 24.3 Å². The Morgan fingerprint density at radius 1 is 1.22 bits per heavy atom. The predicted octanol–water partition coefficient (Wildman–Crippen LogP) is 1.86. The monoisotopic (exact) mass is 395 g/mol. The number of ether oxygens (including phenoxy) is 2. The molecule has 3 aliphatic heterocycles. The van der Waals surface area contributed by atoms with Crippen LogP contribution in [0.3, 0.4) is 0 Å². The van der Waals surface area contributed by atoms with Crippen LogP contribution in [0, 0.1) is 0 Å². The highest BCUT2D eigenvalue weighted by Gasteiger charge is 2.36. The van der Waals surface area contributed by atoms with E-state index in [9.17, 15) is 8.42 Å². The van der Waals surface area contributed by atoms with E-state index in [1.807, 2.05) is 6.07 Å². The van der Waals surface area contributed by atoms with Crippen LogP contribution in [0.5, 0.6) is 5.88 Å². The molecule has 1 aliphatic carbocycles. The lowest BCUT2D eigenvalue weighted by atomic mass is 9.83. The van der Waals surface area contributed by atoms with E-state index < -0.39 is 10.0 Å². The molecule has 1 saturated heterocycles. The normalized spacial score (nSPS) is 32.5. The zero-order valence-electron chi connectivity index (χ0n) is 15.8. The first-order valence-corrected chi connectivity index (χ1v) is 11.8. The molecule has 2 bridgehead atoms. The Bertz CT molecular complexity index is 749. The summed E-state index contributed by atoms with van der Waals surface area (Å²) >= 11 is 0. The quantitative estimate of drug-likeness (QED) is 0.823. The highest BCUT2D eigenvalue weighted by atomic mass is 32.2. The first-order valence-electron chi connectivity index (χ1n) is 9.90. The first kappa shape index (κ1) is 19.1. The molecule has 0 unspecified atom stereocenters. The molecule has 0 radical (unpaired) electrons. The maximum Gasteiger partial charge on any atom is 0.218 e. The number of hydrogen-bond donors (Lipinski definition) is 1. The zero-order chi connectivity index (χ0) is 18.9. The Morgan fingerprint density at radius 3 is 2.81 bits per heavy atom. The summed E-state index contributed by atoms with van der Waals surface area (Å²) in [5.74, 6) is 1.20. The number of nitrogens with one attached hydrogen (secondary N) is 1. The van der Waals surface area contributed by atoms with Crippen molar-refractivity contribution in [2.45, 2.75) is 62.6 Å². The number of hydrogen-bond acceptors (Lipinski definition) is 6. The van der Waals surface area contributed by atoms with Crippen LogP contribution in [0.15, 0.2) is 18.3 Å². The molecule has 4 aliphatic rings. The number of sulfonamides is 1. The summed E-state index contributed by atoms with van der Waals surface area (Å²) in [6.45, 7) is 1.80. The predicted molar refractivity (Wildman–Crippen MR) is 102 cm³/mol. The van der Waals surface area contributed by atoms with Gasteiger partial charge in [-0.15, -0.1) is 0 Å². The summed E-state index contributed by atoms with van der Waals surface area (Å²) in [5.41, 5.74) is 1.19. The molecule has 8 heteroatoms. The van der Waals surface area contributed by atoms with E-state index in [-0.39, 0.29) is 18.2 Å². The molecule has 2 atom stereocenters. The van der Waals surface area contributed by atoms with Crippen LogP contribution in [-0.4, -0.2) is 62.6 Å². The average molecular weight is 396 g/mol. The van der Waals surface area contributed by atoms with Crippen molar-refractivity contribution >= 4 is 10.0 Å². The standard InChI is InChI=1S/C19H29N3O4S/c1-27(23,24)21-17-5-3-11-22-13-26-19-16(4-2-10-20-19)14-6-8-15(9-7-14)25-12-18(17)22/h2,4,10,14-15,17-18,21H,3,5-9,11-13H2,1H3/t14-,15+,17-,18-/m0/s1. The largest absolute Gasteiger partial charge is 0.461 e. The van der Waals surface area contributed by atoms with Gasteiger partial charge in [-0.3, -0.25) is 4.90 Å². The topological polar surface area (TPSA) is 80.8 Å². The van der Waals surface area contributed by atoms with E-state index in [2.05, 4.69) is 20.7 Å². The fraction of sp³-hybridized carbons (Fsp3) is 0.737. The molecule has 1 N–H and O–H groups in total. The van der Waals surface area contributed by atoms with E-state index in [0.29, 0.717) is 19.3 Å². The second-order valence-corrected chi connectivity index (χ2v) is 9.78. The van der Waals surface area contributed by atoms with Crippen molar-refractivity contribution in [2.75, 3.05) is 26.1 Å². The number of fused-ring (bicyclic) bond motifs is 4. The van der Waals surface area contributed by atoms with Crippen molar-refractivity contribution in [3.8, 4) is 5.88 Å². The average Bonchev–Trinajstić information content (AvgIpc) is 2.64. The molecular formula is C19H29N3O4S. The van der Waals surface area contributed by atoms with Gasteiger partial charge in [0.2, 0.25) is 15.9 Å². The van der Waals surface area contributed by atoms with Gasteiger partial charge in [-0.2, -0.15) is 0 Å². The van der Waals surface area contributed by atoms with E-state index in [0.717, 1.165) is 50.9 Å². The minimum Gasteiger partial charge on any atom is -0.461 e. The summed E-state index contributed by atoms with van der Waals surface area (Å²) in [7, 11) is -3.27. The fourth-order valence-corrected chi connectivity index (χ4v) is 5.50. The van der Waals surface area contributed by atoms with Crippen LogP contribution >= 0.6 is 0 Å². The summed E-state index contributed by atoms with van der Waals surface area (Å²) in [6, 6.07) is 3.92. The van der Waals surface area contributed by atoms with Crippen molar-refractivity contribution in [3.05, 3.63) is 23.9 Å². The Labute approximate surface area is 161 Å². The number of nitrogens with zero attached hydrogens (tertiary/aromatic N) is 2. The second-order valence-electron chi connectivity index (χ2n) is 8.00. The van der Waals surface area contributed by atoms with Crippen LogP contribution < -0.4 is 9.46 Å². The second kappa shape index (κ2) is 8.03. The Balaban J connectivity index is 1.60. The fourth-order valence-electron chi connectivity index (χ4n) is 4.68. The highest BCUT2D eigenvalue weighted by Crippen LogP contribution is 2.38. The van der Waals surface area contributed by atoms with Crippen molar-refractivity contribution in [2.24, 2.45) is 0 Å². The summed E-state index contributed by atoms with van der Waals surface area (Å²) in [4.78, 5) is 6.68. The molecule has 27 heavy (non-hydrogen) atoms. The van der Waals surface area contributed by atoms with Crippen molar-refractivity contribution in [1.29, 1.82) is 0 Å². The lowest BCUT2D eigenvalue weighted by Gasteiger charge is -2.42. The van der Waals surface area contributed by atoms with Gasteiger partial charge >= 0.3 is 0 Å². The molecule has 0 amide bonds. The van der Waals surface area contributed by atoms with E-state index in [1.54, 1.807) is 6.20 Å². The maximum absolute atomic E-state index is 11.8. The molecule has 0 spiro atoms. The lowest BCUT2D eigenvalue weighted by molar-refractivity contribution is -0.0483. The smallest absolute Gasteiger partial charge is 0.218 e. The molecular weight excluding hydrogens is 366 g/mol. The van der Waals surface area contributed by atoms with Gasteiger partial charge in [0.05, 0.1) is 25.0 Å².